The number of anilines is 1. The van der Waals surface area contributed by atoms with Gasteiger partial charge in [0.2, 0.25) is 0 Å². The predicted octanol–water partition coefficient (Wildman–Crippen LogP) is 3.72. The first-order valence-electron chi connectivity index (χ1n) is 6.99. The van der Waals surface area contributed by atoms with Crippen molar-refractivity contribution in [1.82, 2.24) is 0 Å². The van der Waals surface area contributed by atoms with Gasteiger partial charge in [-0.2, -0.15) is 0 Å². The molecule has 19 heavy (non-hydrogen) atoms. The topological polar surface area (TPSA) is 21.3 Å². The second-order valence-corrected chi connectivity index (χ2v) is 5.56. The molecule has 0 bridgehead atoms. The summed E-state index contributed by atoms with van der Waals surface area (Å²) in [6.45, 7) is 2.72. The summed E-state index contributed by atoms with van der Waals surface area (Å²) in [6.07, 6.45) is 4.59. The molecule has 2 atom stereocenters. The van der Waals surface area contributed by atoms with E-state index in [0.29, 0.717) is 6.61 Å². The summed E-state index contributed by atoms with van der Waals surface area (Å²) < 4.78 is 32.6. The van der Waals surface area contributed by atoms with Gasteiger partial charge in [0.05, 0.1) is 11.8 Å². The van der Waals surface area contributed by atoms with Crippen LogP contribution in [0.3, 0.4) is 0 Å². The van der Waals surface area contributed by atoms with Gasteiger partial charge in [-0.25, -0.2) is 8.78 Å². The second-order valence-electron chi connectivity index (χ2n) is 5.56. The molecule has 1 N–H and O–H groups in total. The van der Waals surface area contributed by atoms with Gasteiger partial charge in [-0.1, -0.05) is 12.5 Å². The molecule has 0 amide bonds. The minimum absolute atomic E-state index is 0.148. The summed E-state index contributed by atoms with van der Waals surface area (Å²) in [5.74, 6) is -1.58. The lowest BCUT2D eigenvalue weighted by Gasteiger charge is -2.61. The van der Waals surface area contributed by atoms with Crippen molar-refractivity contribution in [2.75, 3.05) is 11.9 Å². The van der Waals surface area contributed by atoms with E-state index in [2.05, 4.69) is 5.32 Å². The van der Waals surface area contributed by atoms with Crippen molar-refractivity contribution in [3.8, 4) is 0 Å². The highest BCUT2D eigenvalue weighted by Gasteiger charge is 2.59. The van der Waals surface area contributed by atoms with Crippen molar-refractivity contribution >= 4 is 5.69 Å². The zero-order chi connectivity index (χ0) is 13.5. The lowest BCUT2D eigenvalue weighted by molar-refractivity contribution is -0.157. The molecule has 1 aromatic carbocycles. The van der Waals surface area contributed by atoms with E-state index in [1.54, 1.807) is 6.07 Å². The maximum Gasteiger partial charge on any atom is 0.181 e. The van der Waals surface area contributed by atoms with Crippen molar-refractivity contribution in [3.63, 3.8) is 0 Å². The molecule has 3 rings (SSSR count). The van der Waals surface area contributed by atoms with Gasteiger partial charge < -0.3 is 10.1 Å². The number of benzene rings is 1. The molecule has 1 aromatic rings. The van der Waals surface area contributed by atoms with Gasteiger partial charge in [-0.3, -0.25) is 0 Å². The third kappa shape index (κ3) is 1.93. The Bertz CT molecular complexity index is 473. The van der Waals surface area contributed by atoms with Crippen LogP contribution in [0.15, 0.2) is 18.2 Å². The summed E-state index contributed by atoms with van der Waals surface area (Å²) in [5.41, 5.74) is 0.417. The quantitative estimate of drug-likeness (QED) is 0.897. The summed E-state index contributed by atoms with van der Waals surface area (Å²) >= 11 is 0. The first kappa shape index (κ1) is 12.9. The average Bonchev–Trinajstić information content (AvgIpc) is 2.31. The highest BCUT2D eigenvalue weighted by atomic mass is 19.2. The number of halogens is 2. The third-order valence-electron chi connectivity index (χ3n) is 4.72. The summed E-state index contributed by atoms with van der Waals surface area (Å²) in [7, 11) is 0. The summed E-state index contributed by atoms with van der Waals surface area (Å²) in [4.78, 5) is 0. The van der Waals surface area contributed by atoms with Crippen LogP contribution >= 0.6 is 0 Å². The van der Waals surface area contributed by atoms with E-state index < -0.39 is 11.6 Å². The molecule has 4 heteroatoms. The molecule has 104 valence electrons. The van der Waals surface area contributed by atoms with Gasteiger partial charge in [-0.05, 0) is 38.3 Å². The molecule has 0 saturated heterocycles. The van der Waals surface area contributed by atoms with Crippen molar-refractivity contribution in [2.24, 2.45) is 5.41 Å². The van der Waals surface area contributed by atoms with Gasteiger partial charge >= 0.3 is 0 Å². The lowest BCUT2D eigenvalue weighted by Crippen LogP contribution is -2.64. The Hall–Kier alpha value is -1.16. The lowest BCUT2D eigenvalue weighted by atomic mass is 9.51. The van der Waals surface area contributed by atoms with Crippen LogP contribution in [0.25, 0.3) is 0 Å². The first-order valence-corrected chi connectivity index (χ1v) is 6.99. The maximum absolute atomic E-state index is 13.7. The fourth-order valence-electron chi connectivity index (χ4n) is 3.44. The predicted molar refractivity (Wildman–Crippen MR) is 70.1 cm³/mol. The van der Waals surface area contributed by atoms with Gasteiger partial charge in [0.15, 0.2) is 11.6 Å². The Balaban J connectivity index is 1.73. The summed E-state index contributed by atoms with van der Waals surface area (Å²) in [5, 5.41) is 3.17. The standard InChI is InChI=1S/C15H19F2NO/c1-2-19-13-9-12(15(13)7-4-8-15)18-11-6-3-5-10(16)14(11)17/h3,5-6,12-13,18H,2,4,7-9H2,1H3. The Morgan fingerprint density at radius 1 is 1.37 bits per heavy atom. The maximum atomic E-state index is 13.7. The molecule has 2 aliphatic carbocycles. The van der Waals surface area contributed by atoms with Crippen molar-refractivity contribution in [1.29, 1.82) is 0 Å². The van der Waals surface area contributed by atoms with Gasteiger partial charge in [0.25, 0.3) is 0 Å². The highest BCUT2D eigenvalue weighted by Crippen LogP contribution is 2.58. The Morgan fingerprint density at radius 2 is 2.16 bits per heavy atom. The molecule has 2 fully saturated rings. The molecule has 2 aliphatic rings. The number of rotatable bonds is 4. The number of ether oxygens (including phenoxy) is 1. The SMILES string of the molecule is CCOC1CC(Nc2cccc(F)c2F)C12CCC2. The third-order valence-corrected chi connectivity index (χ3v) is 4.72. The number of hydrogen-bond donors (Lipinski definition) is 1. The molecule has 0 heterocycles. The number of hydrogen-bond acceptors (Lipinski definition) is 2. The first-order chi connectivity index (χ1) is 9.17. The van der Waals surface area contributed by atoms with Crippen LogP contribution in [-0.4, -0.2) is 18.8 Å². The van der Waals surface area contributed by atoms with Crippen molar-refractivity contribution in [2.45, 2.75) is 44.8 Å². The van der Waals surface area contributed by atoms with Crippen molar-refractivity contribution in [3.05, 3.63) is 29.8 Å². The molecule has 0 aliphatic heterocycles. The van der Waals surface area contributed by atoms with Crippen LogP contribution in [0.1, 0.15) is 32.6 Å². The van der Waals surface area contributed by atoms with Crippen LogP contribution in [0.4, 0.5) is 14.5 Å². The minimum Gasteiger partial charge on any atom is -0.379 e. The van der Waals surface area contributed by atoms with Crippen LogP contribution in [0.2, 0.25) is 0 Å². The van der Waals surface area contributed by atoms with E-state index in [9.17, 15) is 8.78 Å². The molecule has 2 unspecified atom stereocenters. The van der Waals surface area contributed by atoms with Gasteiger partial charge in [0, 0.05) is 18.1 Å². The normalized spacial score (nSPS) is 27.7. The van der Waals surface area contributed by atoms with E-state index in [4.69, 9.17) is 4.74 Å². The smallest absolute Gasteiger partial charge is 0.181 e. The zero-order valence-corrected chi connectivity index (χ0v) is 11.1. The molecular weight excluding hydrogens is 248 g/mol. The van der Waals surface area contributed by atoms with E-state index >= 15 is 0 Å². The average molecular weight is 267 g/mol. The molecule has 2 nitrogen and oxygen atoms in total. The summed E-state index contributed by atoms with van der Waals surface area (Å²) in [6, 6.07) is 4.48. The molecule has 0 aromatic heterocycles. The zero-order valence-electron chi connectivity index (χ0n) is 11.1. The molecule has 1 spiro atoms. The fourth-order valence-corrected chi connectivity index (χ4v) is 3.44. The largest absolute Gasteiger partial charge is 0.379 e. The van der Waals surface area contributed by atoms with E-state index in [0.717, 1.165) is 25.3 Å². The van der Waals surface area contributed by atoms with E-state index in [-0.39, 0.29) is 23.2 Å². The van der Waals surface area contributed by atoms with Crippen LogP contribution in [0, 0.1) is 17.0 Å². The van der Waals surface area contributed by atoms with E-state index in [1.165, 1.54) is 12.5 Å². The van der Waals surface area contributed by atoms with Crippen LogP contribution < -0.4 is 5.32 Å². The minimum atomic E-state index is -0.798. The highest BCUT2D eigenvalue weighted by molar-refractivity contribution is 5.47. The van der Waals surface area contributed by atoms with Gasteiger partial charge in [0.1, 0.15) is 0 Å². The fraction of sp³-hybridized carbons (Fsp3) is 0.600. The number of nitrogens with one attached hydrogen (secondary N) is 1. The second kappa shape index (κ2) is 4.75. The van der Waals surface area contributed by atoms with Crippen molar-refractivity contribution < 1.29 is 13.5 Å². The Kier molecular flexibility index (Phi) is 3.21. The molecular formula is C15H19F2NO. The van der Waals surface area contributed by atoms with Crippen LogP contribution in [-0.2, 0) is 4.74 Å². The van der Waals surface area contributed by atoms with E-state index in [1.807, 2.05) is 6.92 Å². The monoisotopic (exact) mass is 267 g/mol. The Morgan fingerprint density at radius 3 is 2.79 bits per heavy atom. The van der Waals surface area contributed by atoms with Crippen LogP contribution in [0.5, 0.6) is 0 Å². The van der Waals surface area contributed by atoms with Gasteiger partial charge in [-0.15, -0.1) is 0 Å². The molecule has 2 saturated carbocycles. The Labute approximate surface area is 112 Å². The molecule has 0 radical (unpaired) electrons.